The van der Waals surface area contributed by atoms with Crippen LogP contribution in [0.5, 0.6) is 0 Å². The number of nitrogens with one attached hydrogen (secondary N) is 1. The molecule has 1 saturated carbocycles. The maximum Gasteiger partial charge on any atom is 0.253 e. The standard InChI is InChI=1S/C20H17ClN4O2/c21-13-5-1-2-6-14(13)22-18(26)11-17-19(27)24(12-9-10-12)20-23-15-7-3-4-8-16(15)25(17)20/h1-8,12,17H,9-11H2,(H,22,26)/t17-/m1/s1. The monoisotopic (exact) mass is 380 g/mol. The fourth-order valence-corrected chi connectivity index (χ4v) is 3.86. The molecule has 27 heavy (non-hydrogen) atoms. The lowest BCUT2D eigenvalue weighted by Crippen LogP contribution is -2.33. The zero-order chi connectivity index (χ0) is 18.5. The number of carbonyl (C=O) groups is 2. The van der Waals surface area contributed by atoms with Crippen molar-refractivity contribution in [3.63, 3.8) is 0 Å². The molecular weight excluding hydrogens is 364 g/mol. The van der Waals surface area contributed by atoms with Crippen LogP contribution in [0, 0.1) is 0 Å². The predicted octanol–water partition coefficient (Wildman–Crippen LogP) is 3.77. The molecule has 2 aromatic carbocycles. The largest absolute Gasteiger partial charge is 0.325 e. The minimum Gasteiger partial charge on any atom is -0.325 e. The summed E-state index contributed by atoms with van der Waals surface area (Å²) in [6.45, 7) is 0. The quantitative estimate of drug-likeness (QED) is 0.749. The summed E-state index contributed by atoms with van der Waals surface area (Å²) in [6.07, 6.45) is 2.00. The van der Waals surface area contributed by atoms with Crippen LogP contribution in [0.25, 0.3) is 11.0 Å². The minimum atomic E-state index is -0.588. The van der Waals surface area contributed by atoms with Gasteiger partial charge in [0, 0.05) is 6.04 Å². The van der Waals surface area contributed by atoms with Crippen molar-refractivity contribution in [2.24, 2.45) is 0 Å². The van der Waals surface area contributed by atoms with E-state index in [1.165, 1.54) is 0 Å². The van der Waals surface area contributed by atoms with E-state index in [9.17, 15) is 9.59 Å². The number of nitrogens with zero attached hydrogens (tertiary/aromatic N) is 3. The Bertz CT molecular complexity index is 1070. The molecule has 1 N–H and O–H groups in total. The lowest BCUT2D eigenvalue weighted by molar-refractivity contribution is -0.124. The first-order chi connectivity index (χ1) is 13.1. The van der Waals surface area contributed by atoms with Crippen molar-refractivity contribution < 1.29 is 9.59 Å². The van der Waals surface area contributed by atoms with E-state index in [0.29, 0.717) is 16.7 Å². The average Bonchev–Trinajstić information content (AvgIpc) is 3.36. The molecule has 3 aromatic rings. The highest BCUT2D eigenvalue weighted by molar-refractivity contribution is 6.33. The van der Waals surface area contributed by atoms with Gasteiger partial charge in [-0.1, -0.05) is 35.9 Å². The van der Waals surface area contributed by atoms with E-state index in [4.69, 9.17) is 11.6 Å². The Morgan fingerprint density at radius 2 is 1.89 bits per heavy atom. The summed E-state index contributed by atoms with van der Waals surface area (Å²) in [5.41, 5.74) is 2.26. The molecular formula is C20H17ClN4O2. The molecule has 0 spiro atoms. The molecule has 1 aliphatic heterocycles. The van der Waals surface area contributed by atoms with Crippen molar-refractivity contribution in [2.45, 2.75) is 31.3 Å². The molecule has 1 atom stereocenters. The number of rotatable bonds is 4. The van der Waals surface area contributed by atoms with Crippen LogP contribution >= 0.6 is 11.6 Å². The Morgan fingerprint density at radius 3 is 2.67 bits per heavy atom. The van der Waals surface area contributed by atoms with E-state index in [1.807, 2.05) is 28.8 Å². The first kappa shape index (κ1) is 16.3. The fraction of sp³-hybridized carbons (Fsp3) is 0.250. The molecule has 5 rings (SSSR count). The van der Waals surface area contributed by atoms with Crippen LogP contribution in [0.1, 0.15) is 25.3 Å². The Labute approximate surface area is 160 Å². The van der Waals surface area contributed by atoms with E-state index in [1.54, 1.807) is 29.2 Å². The molecule has 136 valence electrons. The van der Waals surface area contributed by atoms with E-state index in [-0.39, 0.29) is 24.3 Å². The Morgan fingerprint density at radius 1 is 1.15 bits per heavy atom. The van der Waals surface area contributed by atoms with E-state index >= 15 is 0 Å². The van der Waals surface area contributed by atoms with Crippen LogP contribution in [-0.2, 0) is 9.59 Å². The molecule has 2 aliphatic rings. The molecule has 0 bridgehead atoms. The number of aromatic nitrogens is 2. The molecule has 1 fully saturated rings. The number of para-hydroxylation sites is 3. The number of anilines is 2. The Hall–Kier alpha value is -2.86. The molecule has 0 radical (unpaired) electrons. The van der Waals surface area contributed by atoms with Crippen molar-refractivity contribution in [1.82, 2.24) is 9.55 Å². The summed E-state index contributed by atoms with van der Waals surface area (Å²) < 4.78 is 1.90. The highest BCUT2D eigenvalue weighted by Crippen LogP contribution is 2.42. The molecule has 2 amide bonds. The molecule has 1 aliphatic carbocycles. The number of carbonyl (C=O) groups excluding carboxylic acids is 2. The van der Waals surface area contributed by atoms with Crippen LogP contribution in [0.3, 0.4) is 0 Å². The summed E-state index contributed by atoms with van der Waals surface area (Å²) in [5.74, 6) is 0.349. The van der Waals surface area contributed by atoms with E-state index in [2.05, 4.69) is 10.3 Å². The van der Waals surface area contributed by atoms with Gasteiger partial charge in [-0.25, -0.2) is 4.98 Å². The summed E-state index contributed by atoms with van der Waals surface area (Å²) in [4.78, 5) is 32.1. The summed E-state index contributed by atoms with van der Waals surface area (Å²) in [7, 11) is 0. The summed E-state index contributed by atoms with van der Waals surface area (Å²) in [6, 6.07) is 14.4. The zero-order valence-corrected chi connectivity index (χ0v) is 15.2. The molecule has 0 unspecified atom stereocenters. The average molecular weight is 381 g/mol. The molecule has 2 heterocycles. The smallest absolute Gasteiger partial charge is 0.253 e. The number of hydrogen-bond donors (Lipinski definition) is 1. The maximum absolute atomic E-state index is 13.1. The number of halogens is 1. The van der Waals surface area contributed by atoms with E-state index < -0.39 is 6.04 Å². The number of fused-ring (bicyclic) bond motifs is 3. The topological polar surface area (TPSA) is 67.2 Å². The summed E-state index contributed by atoms with van der Waals surface area (Å²) >= 11 is 6.12. The predicted molar refractivity (Wildman–Crippen MR) is 104 cm³/mol. The van der Waals surface area contributed by atoms with Gasteiger partial charge in [0.25, 0.3) is 5.91 Å². The van der Waals surface area contributed by atoms with Gasteiger partial charge in [-0.05, 0) is 37.1 Å². The Balaban J connectivity index is 1.48. The van der Waals surface area contributed by atoms with Gasteiger partial charge in [-0.2, -0.15) is 0 Å². The van der Waals surface area contributed by atoms with Gasteiger partial charge in [0.1, 0.15) is 6.04 Å². The third-order valence-corrected chi connectivity index (χ3v) is 5.40. The molecule has 1 aromatic heterocycles. The first-order valence-corrected chi connectivity index (χ1v) is 9.35. The number of hydrogen-bond acceptors (Lipinski definition) is 3. The summed E-state index contributed by atoms with van der Waals surface area (Å²) in [5, 5.41) is 3.28. The van der Waals surface area contributed by atoms with Crippen LogP contribution < -0.4 is 10.2 Å². The lowest BCUT2D eigenvalue weighted by Gasteiger charge is -2.15. The van der Waals surface area contributed by atoms with Crippen molar-refractivity contribution in [3.8, 4) is 0 Å². The van der Waals surface area contributed by atoms with Gasteiger partial charge in [0.05, 0.1) is 28.2 Å². The van der Waals surface area contributed by atoms with Gasteiger partial charge >= 0.3 is 0 Å². The van der Waals surface area contributed by atoms with Crippen molar-refractivity contribution in [1.29, 1.82) is 0 Å². The second kappa shape index (κ2) is 6.09. The van der Waals surface area contributed by atoms with Gasteiger partial charge < -0.3 is 5.32 Å². The fourth-order valence-electron chi connectivity index (χ4n) is 3.67. The third kappa shape index (κ3) is 2.68. The maximum atomic E-state index is 13.1. The number of amides is 2. The van der Waals surface area contributed by atoms with Crippen LogP contribution in [0.15, 0.2) is 48.5 Å². The van der Waals surface area contributed by atoms with Crippen LogP contribution in [-0.4, -0.2) is 27.4 Å². The molecule has 0 saturated heterocycles. The highest BCUT2D eigenvalue weighted by Gasteiger charge is 2.47. The lowest BCUT2D eigenvalue weighted by atomic mass is 10.1. The normalized spacial score (nSPS) is 18.8. The third-order valence-electron chi connectivity index (χ3n) is 5.07. The number of benzene rings is 2. The molecule has 7 heteroatoms. The zero-order valence-electron chi connectivity index (χ0n) is 14.4. The highest BCUT2D eigenvalue weighted by atomic mass is 35.5. The van der Waals surface area contributed by atoms with Crippen molar-refractivity contribution in [3.05, 3.63) is 53.6 Å². The first-order valence-electron chi connectivity index (χ1n) is 8.98. The minimum absolute atomic E-state index is 0.0423. The van der Waals surface area contributed by atoms with Crippen LogP contribution in [0.2, 0.25) is 5.02 Å². The van der Waals surface area contributed by atoms with Gasteiger partial charge in [-0.15, -0.1) is 0 Å². The second-order valence-electron chi connectivity index (χ2n) is 6.96. The number of imidazole rings is 1. The molecule has 6 nitrogen and oxygen atoms in total. The van der Waals surface area contributed by atoms with Gasteiger partial charge in [-0.3, -0.25) is 19.1 Å². The van der Waals surface area contributed by atoms with Crippen LogP contribution in [0.4, 0.5) is 11.6 Å². The Kier molecular flexibility index (Phi) is 3.68. The van der Waals surface area contributed by atoms with Gasteiger partial charge in [0.2, 0.25) is 11.9 Å². The second-order valence-corrected chi connectivity index (χ2v) is 7.37. The van der Waals surface area contributed by atoms with E-state index in [0.717, 1.165) is 23.9 Å². The van der Waals surface area contributed by atoms with Crippen molar-refractivity contribution >= 4 is 46.1 Å². The van der Waals surface area contributed by atoms with Crippen molar-refractivity contribution in [2.75, 3.05) is 10.2 Å². The SMILES string of the molecule is O=C(C[C@@H]1C(=O)N(C2CC2)c2nc3ccccc3n21)Nc1ccccc1Cl. The van der Waals surface area contributed by atoms with Gasteiger partial charge in [0.15, 0.2) is 0 Å².